The largest absolute Gasteiger partial charge is 0.421 e. The molecular weight excluding hydrogens is 335 g/mol. The molecule has 0 radical (unpaired) electrons. The zero-order valence-electron chi connectivity index (χ0n) is 15.4. The van der Waals surface area contributed by atoms with Gasteiger partial charge in [0.25, 0.3) is 0 Å². The van der Waals surface area contributed by atoms with Crippen LogP contribution in [0.2, 0.25) is 0 Å². The van der Waals surface area contributed by atoms with Crippen LogP contribution in [0, 0.1) is 6.92 Å². The lowest BCUT2D eigenvalue weighted by molar-refractivity contribution is 0.0992. The zero-order valence-corrected chi connectivity index (χ0v) is 16.3. The summed E-state index contributed by atoms with van der Waals surface area (Å²) in [6.07, 6.45) is 0.196. The van der Waals surface area contributed by atoms with Gasteiger partial charge in [-0.25, -0.2) is 13.9 Å². The molecule has 0 aliphatic heterocycles. The van der Waals surface area contributed by atoms with Gasteiger partial charge in [-0.05, 0) is 40.7 Å². The summed E-state index contributed by atoms with van der Waals surface area (Å²) in [4.78, 5) is 12.6. The van der Waals surface area contributed by atoms with Crippen molar-refractivity contribution in [2.45, 2.75) is 13.3 Å². The molecule has 0 fully saturated rings. The van der Waals surface area contributed by atoms with Gasteiger partial charge in [-0.1, -0.05) is 48.5 Å². The number of carbonyl (C=O) groups is 1. The Kier molecular flexibility index (Phi) is 6.17. The fraction of sp³-hybridized carbons (Fsp3) is 0.316. The van der Waals surface area contributed by atoms with E-state index >= 15 is 0 Å². The van der Waals surface area contributed by atoms with Gasteiger partial charge in [-0.2, -0.15) is 0 Å². The minimum atomic E-state index is -3.20. The maximum atomic E-state index is 13.2. The molecule has 0 bridgehead atoms. The highest BCUT2D eigenvalue weighted by Crippen LogP contribution is 2.51. The van der Waals surface area contributed by atoms with Crippen molar-refractivity contribution in [2.75, 3.05) is 28.2 Å². The van der Waals surface area contributed by atoms with Gasteiger partial charge in [0.1, 0.15) is 5.75 Å². The number of nitrogens with zero attached hydrogens (tertiary/aromatic N) is 2. The van der Waals surface area contributed by atoms with Crippen LogP contribution in [0.5, 0.6) is 5.75 Å². The fourth-order valence-electron chi connectivity index (χ4n) is 2.52. The number of para-hydroxylation sites is 1. The Balaban J connectivity index is 2.37. The molecule has 0 atom stereocenters. The van der Waals surface area contributed by atoms with E-state index in [0.717, 1.165) is 11.1 Å². The van der Waals surface area contributed by atoms with Crippen molar-refractivity contribution in [3.63, 3.8) is 0 Å². The summed E-state index contributed by atoms with van der Waals surface area (Å²) in [6, 6.07) is 14.8. The molecule has 2 aromatic rings. The molecule has 0 spiro atoms. The Morgan fingerprint density at radius 2 is 1.56 bits per heavy atom. The third-order valence-corrected chi connectivity index (χ3v) is 6.40. The van der Waals surface area contributed by atoms with Crippen LogP contribution in [0.3, 0.4) is 0 Å². The van der Waals surface area contributed by atoms with Crippen LogP contribution >= 0.6 is 7.67 Å². The summed E-state index contributed by atoms with van der Waals surface area (Å²) in [5, 5.41) is 0. The van der Waals surface area contributed by atoms with Crippen molar-refractivity contribution in [3.05, 3.63) is 65.2 Å². The SMILES string of the molecule is Cc1cccc(CC(=O)c2ccccc2)c1OP(=O)(N(C)C)N(C)C. The number of rotatable bonds is 7. The molecule has 5 nitrogen and oxygen atoms in total. The van der Waals surface area contributed by atoms with Crippen LogP contribution < -0.4 is 4.52 Å². The van der Waals surface area contributed by atoms with Gasteiger partial charge in [0, 0.05) is 17.5 Å². The van der Waals surface area contributed by atoms with Crippen molar-refractivity contribution in [1.82, 2.24) is 9.34 Å². The highest BCUT2D eigenvalue weighted by molar-refractivity contribution is 7.54. The molecule has 0 saturated carbocycles. The standard InChI is InChI=1S/C19H25N2O3P/c1-15-10-9-13-17(14-18(22)16-11-7-6-8-12-16)19(15)24-25(23,20(2)3)21(4)5/h6-13H,14H2,1-5H3. The van der Waals surface area contributed by atoms with E-state index < -0.39 is 7.67 Å². The average molecular weight is 360 g/mol. The maximum absolute atomic E-state index is 13.2. The lowest BCUT2D eigenvalue weighted by Crippen LogP contribution is -2.25. The van der Waals surface area contributed by atoms with E-state index in [1.807, 2.05) is 43.3 Å². The van der Waals surface area contributed by atoms with Crippen molar-refractivity contribution in [2.24, 2.45) is 0 Å². The van der Waals surface area contributed by atoms with E-state index in [0.29, 0.717) is 11.3 Å². The molecule has 2 rings (SSSR count). The summed E-state index contributed by atoms with van der Waals surface area (Å²) in [6.45, 7) is 1.89. The monoisotopic (exact) mass is 360 g/mol. The Morgan fingerprint density at radius 3 is 2.12 bits per heavy atom. The molecule has 0 aliphatic rings. The zero-order chi connectivity index (χ0) is 18.6. The van der Waals surface area contributed by atoms with E-state index in [1.54, 1.807) is 49.7 Å². The van der Waals surface area contributed by atoms with E-state index in [-0.39, 0.29) is 12.2 Å². The van der Waals surface area contributed by atoms with E-state index in [4.69, 9.17) is 4.52 Å². The van der Waals surface area contributed by atoms with Crippen molar-refractivity contribution in [1.29, 1.82) is 0 Å². The molecule has 134 valence electrons. The third kappa shape index (κ3) is 4.37. The van der Waals surface area contributed by atoms with Gasteiger partial charge in [0.2, 0.25) is 0 Å². The minimum absolute atomic E-state index is 0.000545. The first-order valence-corrected chi connectivity index (χ1v) is 9.60. The highest BCUT2D eigenvalue weighted by Gasteiger charge is 2.32. The Hall–Kier alpha value is -1.94. The van der Waals surface area contributed by atoms with E-state index in [9.17, 15) is 9.36 Å². The Bertz CT molecular complexity index is 777. The molecule has 25 heavy (non-hydrogen) atoms. The lowest BCUT2D eigenvalue weighted by atomic mass is 10.0. The number of benzene rings is 2. The number of carbonyl (C=O) groups excluding carboxylic acids is 1. The molecule has 2 aromatic carbocycles. The summed E-state index contributed by atoms with van der Waals surface area (Å²) >= 11 is 0. The predicted molar refractivity (Wildman–Crippen MR) is 101 cm³/mol. The van der Waals surface area contributed by atoms with Crippen LogP contribution in [0.1, 0.15) is 21.5 Å². The second-order valence-electron chi connectivity index (χ2n) is 6.31. The molecule has 0 aliphatic carbocycles. The summed E-state index contributed by atoms with van der Waals surface area (Å²) in [7, 11) is 3.67. The normalized spacial score (nSPS) is 11.8. The van der Waals surface area contributed by atoms with Gasteiger partial charge < -0.3 is 4.52 Å². The number of aryl methyl sites for hydroxylation is 1. The van der Waals surface area contributed by atoms with Crippen LogP contribution in [-0.4, -0.2) is 43.3 Å². The molecule has 6 heteroatoms. The first-order chi connectivity index (χ1) is 11.8. The second kappa shape index (κ2) is 7.96. The summed E-state index contributed by atoms with van der Waals surface area (Å²) in [5.41, 5.74) is 2.23. The van der Waals surface area contributed by atoms with Crippen LogP contribution in [0.4, 0.5) is 0 Å². The van der Waals surface area contributed by atoms with E-state index in [1.165, 1.54) is 0 Å². The number of ketones is 1. The van der Waals surface area contributed by atoms with Crippen LogP contribution in [0.15, 0.2) is 48.5 Å². The van der Waals surface area contributed by atoms with Gasteiger partial charge in [-0.3, -0.25) is 4.79 Å². The molecular formula is C19H25N2O3P. The van der Waals surface area contributed by atoms with Gasteiger partial charge >= 0.3 is 7.67 Å². The van der Waals surface area contributed by atoms with Crippen molar-refractivity contribution in [3.8, 4) is 5.75 Å². The Labute approximate surface area is 149 Å². The average Bonchev–Trinajstić information content (AvgIpc) is 2.58. The lowest BCUT2D eigenvalue weighted by Gasteiger charge is -2.31. The molecule has 0 unspecified atom stereocenters. The predicted octanol–water partition coefficient (Wildman–Crippen LogP) is 4.03. The molecule has 0 heterocycles. The first kappa shape index (κ1) is 19.4. The minimum Gasteiger partial charge on any atom is -0.421 e. The quantitative estimate of drug-likeness (QED) is 0.551. The second-order valence-corrected chi connectivity index (χ2v) is 9.07. The van der Waals surface area contributed by atoms with Gasteiger partial charge in [-0.15, -0.1) is 0 Å². The Morgan fingerprint density at radius 1 is 0.960 bits per heavy atom. The number of Topliss-reactive ketones (excluding diaryl/α,β-unsaturated/α-hetero) is 1. The fourth-order valence-corrected chi connectivity index (χ4v) is 4.06. The molecule has 0 aromatic heterocycles. The highest BCUT2D eigenvalue weighted by atomic mass is 31.2. The third-order valence-electron chi connectivity index (χ3n) is 3.96. The topological polar surface area (TPSA) is 49.9 Å². The van der Waals surface area contributed by atoms with Gasteiger partial charge in [0.05, 0.1) is 0 Å². The molecule has 0 saturated heterocycles. The molecule has 0 amide bonds. The maximum Gasteiger partial charge on any atom is 0.394 e. The van der Waals surface area contributed by atoms with Crippen molar-refractivity contribution >= 4 is 13.5 Å². The summed E-state index contributed by atoms with van der Waals surface area (Å²) < 4.78 is 22.3. The smallest absolute Gasteiger partial charge is 0.394 e. The summed E-state index contributed by atoms with van der Waals surface area (Å²) in [5.74, 6) is 0.512. The molecule has 0 N–H and O–H groups in total. The van der Waals surface area contributed by atoms with Crippen molar-refractivity contribution < 1.29 is 13.9 Å². The van der Waals surface area contributed by atoms with Gasteiger partial charge in [0.15, 0.2) is 5.78 Å². The van der Waals surface area contributed by atoms with Crippen LogP contribution in [-0.2, 0) is 11.0 Å². The first-order valence-electron chi connectivity index (χ1n) is 8.07. The van der Waals surface area contributed by atoms with Crippen LogP contribution in [0.25, 0.3) is 0 Å². The number of hydrogen-bond donors (Lipinski definition) is 0. The number of hydrogen-bond acceptors (Lipinski definition) is 3. The van der Waals surface area contributed by atoms with E-state index in [2.05, 4.69) is 0 Å².